The molecule has 1 aromatic rings. The highest BCUT2D eigenvalue weighted by Crippen LogP contribution is 2.19. The van der Waals surface area contributed by atoms with Crippen molar-refractivity contribution in [3.05, 3.63) is 35.4 Å². The number of aliphatic hydroxyl groups excluding tert-OH is 1. The Balaban J connectivity index is 1.92. The molecule has 1 atom stereocenters. The Labute approximate surface area is 116 Å². The molecule has 0 spiro atoms. The Bertz CT molecular complexity index is 367. The number of nitrogens with zero attached hydrogens (tertiary/aromatic N) is 1. The van der Waals surface area contributed by atoms with E-state index < -0.39 is 0 Å². The average molecular weight is 262 g/mol. The van der Waals surface area contributed by atoms with Crippen molar-refractivity contribution >= 4 is 0 Å². The van der Waals surface area contributed by atoms with E-state index in [4.69, 9.17) is 0 Å². The lowest BCUT2D eigenvalue weighted by molar-refractivity contribution is 0.117. The molecule has 1 fully saturated rings. The standard InChI is InChI=1S/C16H26N2O/c1-13(2)14-4-6-15(7-5-14)16(19)12-18-10-3-8-17-9-11-18/h4-7,13,16-17,19H,3,8-12H2,1-2H3. The number of hydrogen-bond donors (Lipinski definition) is 2. The molecule has 3 heteroatoms. The molecule has 0 radical (unpaired) electrons. The van der Waals surface area contributed by atoms with Gasteiger partial charge in [-0.15, -0.1) is 0 Å². The molecule has 1 saturated heterocycles. The fraction of sp³-hybridized carbons (Fsp3) is 0.625. The van der Waals surface area contributed by atoms with Crippen LogP contribution in [-0.4, -0.2) is 42.7 Å². The maximum atomic E-state index is 10.3. The topological polar surface area (TPSA) is 35.5 Å². The van der Waals surface area contributed by atoms with E-state index in [1.54, 1.807) is 0 Å². The number of aliphatic hydroxyl groups is 1. The van der Waals surface area contributed by atoms with Gasteiger partial charge >= 0.3 is 0 Å². The van der Waals surface area contributed by atoms with E-state index in [2.05, 4.69) is 48.3 Å². The van der Waals surface area contributed by atoms with Gasteiger partial charge in [0.15, 0.2) is 0 Å². The second-order valence-corrected chi connectivity index (χ2v) is 5.74. The molecule has 0 bridgehead atoms. The molecule has 0 amide bonds. The van der Waals surface area contributed by atoms with Crippen LogP contribution in [-0.2, 0) is 0 Å². The highest BCUT2D eigenvalue weighted by molar-refractivity contribution is 5.26. The smallest absolute Gasteiger partial charge is 0.0916 e. The molecule has 1 aromatic carbocycles. The van der Waals surface area contributed by atoms with Crippen molar-refractivity contribution in [2.45, 2.75) is 32.3 Å². The Kier molecular flexibility index (Phi) is 5.37. The summed E-state index contributed by atoms with van der Waals surface area (Å²) in [7, 11) is 0. The number of rotatable bonds is 4. The highest BCUT2D eigenvalue weighted by atomic mass is 16.3. The minimum atomic E-state index is -0.376. The van der Waals surface area contributed by atoms with Crippen LogP contribution in [0, 0.1) is 0 Å². The quantitative estimate of drug-likeness (QED) is 0.872. The average Bonchev–Trinajstić information content (AvgIpc) is 2.67. The van der Waals surface area contributed by atoms with E-state index in [0.717, 1.165) is 38.3 Å². The zero-order chi connectivity index (χ0) is 13.7. The molecule has 1 heterocycles. The van der Waals surface area contributed by atoms with Gasteiger partial charge in [0.2, 0.25) is 0 Å². The fourth-order valence-electron chi connectivity index (χ4n) is 2.54. The van der Waals surface area contributed by atoms with Gasteiger partial charge in [-0.3, -0.25) is 4.90 Å². The van der Waals surface area contributed by atoms with Gasteiger partial charge in [0, 0.05) is 19.6 Å². The van der Waals surface area contributed by atoms with Crippen molar-refractivity contribution in [3.63, 3.8) is 0 Å². The van der Waals surface area contributed by atoms with E-state index >= 15 is 0 Å². The van der Waals surface area contributed by atoms with E-state index in [1.807, 2.05) is 0 Å². The molecule has 0 aliphatic carbocycles. The van der Waals surface area contributed by atoms with Crippen LogP contribution in [0.4, 0.5) is 0 Å². The van der Waals surface area contributed by atoms with Gasteiger partial charge in [0.1, 0.15) is 0 Å². The zero-order valence-electron chi connectivity index (χ0n) is 12.1. The van der Waals surface area contributed by atoms with Gasteiger partial charge in [-0.1, -0.05) is 38.1 Å². The summed E-state index contributed by atoms with van der Waals surface area (Å²) in [6, 6.07) is 8.40. The predicted molar refractivity (Wildman–Crippen MR) is 79.4 cm³/mol. The van der Waals surface area contributed by atoms with Gasteiger partial charge in [0.25, 0.3) is 0 Å². The van der Waals surface area contributed by atoms with Crippen LogP contribution in [0.2, 0.25) is 0 Å². The first-order valence-electron chi connectivity index (χ1n) is 7.38. The summed E-state index contributed by atoms with van der Waals surface area (Å²) in [5.41, 5.74) is 2.36. The van der Waals surface area contributed by atoms with E-state index in [1.165, 1.54) is 12.0 Å². The van der Waals surface area contributed by atoms with Crippen LogP contribution >= 0.6 is 0 Å². The zero-order valence-corrected chi connectivity index (χ0v) is 12.1. The maximum Gasteiger partial charge on any atom is 0.0916 e. The van der Waals surface area contributed by atoms with Crippen LogP contribution in [0.5, 0.6) is 0 Å². The molecule has 106 valence electrons. The van der Waals surface area contributed by atoms with Crippen LogP contribution in [0.1, 0.15) is 43.4 Å². The monoisotopic (exact) mass is 262 g/mol. The first-order chi connectivity index (χ1) is 9.16. The van der Waals surface area contributed by atoms with Crippen molar-refractivity contribution in [1.82, 2.24) is 10.2 Å². The normalized spacial score (nSPS) is 19.4. The molecule has 2 N–H and O–H groups in total. The van der Waals surface area contributed by atoms with Crippen LogP contribution in [0.15, 0.2) is 24.3 Å². The molecular formula is C16H26N2O. The van der Waals surface area contributed by atoms with Crippen LogP contribution in [0.3, 0.4) is 0 Å². The minimum absolute atomic E-state index is 0.376. The molecule has 0 aromatic heterocycles. The van der Waals surface area contributed by atoms with E-state index in [9.17, 15) is 5.11 Å². The second-order valence-electron chi connectivity index (χ2n) is 5.74. The number of benzene rings is 1. The molecule has 3 nitrogen and oxygen atoms in total. The van der Waals surface area contributed by atoms with E-state index in [0.29, 0.717) is 5.92 Å². The summed E-state index contributed by atoms with van der Waals surface area (Å²) in [5, 5.41) is 13.7. The summed E-state index contributed by atoms with van der Waals surface area (Å²) in [6.07, 6.45) is 0.790. The summed E-state index contributed by atoms with van der Waals surface area (Å²) in [4.78, 5) is 2.35. The van der Waals surface area contributed by atoms with E-state index in [-0.39, 0.29) is 6.10 Å². The second kappa shape index (κ2) is 7.04. The number of β-amino-alcohol motifs (C(OH)–C–C–N with tert-alkyl or cyclic N) is 1. The SMILES string of the molecule is CC(C)c1ccc(C(O)CN2CCCNCC2)cc1. The van der Waals surface area contributed by atoms with Crippen molar-refractivity contribution < 1.29 is 5.11 Å². The first-order valence-corrected chi connectivity index (χ1v) is 7.38. The van der Waals surface area contributed by atoms with Crippen LogP contribution < -0.4 is 5.32 Å². The molecular weight excluding hydrogens is 236 g/mol. The largest absolute Gasteiger partial charge is 0.387 e. The van der Waals surface area contributed by atoms with Crippen molar-refractivity contribution in [2.75, 3.05) is 32.7 Å². The molecule has 0 saturated carbocycles. The van der Waals surface area contributed by atoms with Crippen molar-refractivity contribution in [1.29, 1.82) is 0 Å². The summed E-state index contributed by atoms with van der Waals surface area (Å²) < 4.78 is 0. The predicted octanol–water partition coefficient (Wildman–Crippen LogP) is 2.14. The number of hydrogen-bond acceptors (Lipinski definition) is 3. The Morgan fingerprint density at radius 2 is 1.79 bits per heavy atom. The lowest BCUT2D eigenvalue weighted by Gasteiger charge is -2.23. The lowest BCUT2D eigenvalue weighted by Crippen LogP contribution is -2.32. The summed E-state index contributed by atoms with van der Waals surface area (Å²) in [6.45, 7) is 9.35. The number of nitrogens with one attached hydrogen (secondary N) is 1. The highest BCUT2D eigenvalue weighted by Gasteiger charge is 2.15. The fourth-order valence-corrected chi connectivity index (χ4v) is 2.54. The third-order valence-corrected chi connectivity index (χ3v) is 3.85. The van der Waals surface area contributed by atoms with Crippen molar-refractivity contribution in [3.8, 4) is 0 Å². The molecule has 19 heavy (non-hydrogen) atoms. The Morgan fingerprint density at radius 1 is 1.11 bits per heavy atom. The molecule has 1 aliphatic rings. The van der Waals surface area contributed by atoms with Gasteiger partial charge in [0.05, 0.1) is 6.10 Å². The van der Waals surface area contributed by atoms with Gasteiger partial charge in [-0.05, 0) is 36.6 Å². The van der Waals surface area contributed by atoms with Crippen LogP contribution in [0.25, 0.3) is 0 Å². The third-order valence-electron chi connectivity index (χ3n) is 3.85. The third kappa shape index (κ3) is 4.30. The Morgan fingerprint density at radius 3 is 2.47 bits per heavy atom. The first kappa shape index (κ1) is 14.5. The van der Waals surface area contributed by atoms with Gasteiger partial charge in [-0.2, -0.15) is 0 Å². The van der Waals surface area contributed by atoms with Crippen molar-refractivity contribution in [2.24, 2.45) is 0 Å². The molecule has 1 aliphatic heterocycles. The lowest BCUT2D eigenvalue weighted by atomic mass is 10.00. The maximum absolute atomic E-state index is 10.3. The van der Waals surface area contributed by atoms with Gasteiger partial charge in [-0.25, -0.2) is 0 Å². The molecule has 1 unspecified atom stereocenters. The summed E-state index contributed by atoms with van der Waals surface area (Å²) >= 11 is 0. The minimum Gasteiger partial charge on any atom is -0.387 e. The summed E-state index contributed by atoms with van der Waals surface area (Å²) in [5.74, 6) is 0.544. The van der Waals surface area contributed by atoms with Gasteiger partial charge < -0.3 is 10.4 Å². The Hall–Kier alpha value is -0.900. The molecule has 2 rings (SSSR count).